The van der Waals surface area contributed by atoms with Crippen LogP contribution in [-0.4, -0.2) is 53.8 Å². The second-order valence-corrected chi connectivity index (χ2v) is 9.55. The maximum absolute atomic E-state index is 13.4. The van der Waals surface area contributed by atoms with Crippen LogP contribution in [0.2, 0.25) is 0 Å². The fourth-order valence-corrected chi connectivity index (χ4v) is 5.30. The van der Waals surface area contributed by atoms with E-state index in [9.17, 15) is 9.59 Å². The zero-order valence-corrected chi connectivity index (χ0v) is 19.3. The van der Waals surface area contributed by atoms with Crippen LogP contribution in [0.3, 0.4) is 0 Å². The van der Waals surface area contributed by atoms with Crippen molar-refractivity contribution in [2.45, 2.75) is 19.3 Å². The molecule has 1 aliphatic heterocycles. The molecule has 0 bridgehead atoms. The molecule has 2 aromatic heterocycles. The van der Waals surface area contributed by atoms with Crippen LogP contribution < -0.4 is 5.73 Å². The summed E-state index contributed by atoms with van der Waals surface area (Å²) in [5.74, 6) is 0.104. The Bertz CT molecular complexity index is 1100. The summed E-state index contributed by atoms with van der Waals surface area (Å²) < 4.78 is 0. The third-order valence-corrected chi connectivity index (χ3v) is 7.01. The van der Waals surface area contributed by atoms with Crippen molar-refractivity contribution in [1.29, 1.82) is 0 Å². The average Bonchev–Trinajstić information content (AvgIpc) is 3.34. The van der Waals surface area contributed by atoms with E-state index in [1.54, 1.807) is 53.6 Å². The largest absolute Gasteiger partial charge is 0.383 e. The molecule has 1 aliphatic rings. The van der Waals surface area contributed by atoms with E-state index in [1.165, 1.54) is 10.4 Å². The quantitative estimate of drug-likeness (QED) is 0.641. The molecular formula is C25H28N4O2S. The van der Waals surface area contributed by atoms with E-state index < -0.39 is 5.41 Å². The molecule has 1 saturated heterocycles. The summed E-state index contributed by atoms with van der Waals surface area (Å²) >= 11 is 1.71. The fourth-order valence-electron chi connectivity index (χ4n) is 4.56. The van der Waals surface area contributed by atoms with Crippen LogP contribution in [-0.2, 0) is 11.2 Å². The van der Waals surface area contributed by atoms with Gasteiger partial charge in [0, 0.05) is 38.3 Å². The molecule has 32 heavy (non-hydrogen) atoms. The summed E-state index contributed by atoms with van der Waals surface area (Å²) in [6.07, 6.45) is 3.66. The number of anilines is 1. The van der Waals surface area contributed by atoms with Crippen LogP contribution in [0.25, 0.3) is 10.4 Å². The first-order chi connectivity index (χ1) is 15.4. The van der Waals surface area contributed by atoms with Crippen LogP contribution in [0.4, 0.5) is 5.82 Å². The molecule has 0 unspecified atom stereocenters. The molecule has 166 valence electrons. The van der Waals surface area contributed by atoms with Crippen molar-refractivity contribution < 1.29 is 9.59 Å². The van der Waals surface area contributed by atoms with E-state index in [0.29, 0.717) is 25.1 Å². The molecule has 0 radical (unpaired) electrons. The fraction of sp³-hybridized carbons (Fsp3) is 0.320. The summed E-state index contributed by atoms with van der Waals surface area (Å²) in [7, 11) is 3.56. The first-order valence-electron chi connectivity index (χ1n) is 10.7. The lowest BCUT2D eigenvalue weighted by atomic mass is 9.73. The van der Waals surface area contributed by atoms with Crippen LogP contribution in [0.15, 0.2) is 60.1 Å². The lowest BCUT2D eigenvalue weighted by molar-refractivity contribution is -0.142. The molecule has 2 N–H and O–H groups in total. The molecule has 3 aromatic rings. The van der Waals surface area contributed by atoms with E-state index in [0.717, 1.165) is 18.4 Å². The summed E-state index contributed by atoms with van der Waals surface area (Å²) in [6.45, 7) is 0.969. The first kappa shape index (κ1) is 22.0. The maximum atomic E-state index is 13.4. The second-order valence-electron chi connectivity index (χ2n) is 8.60. The maximum Gasteiger partial charge on any atom is 0.257 e. The molecule has 0 saturated carbocycles. The van der Waals surface area contributed by atoms with Gasteiger partial charge >= 0.3 is 0 Å². The van der Waals surface area contributed by atoms with Gasteiger partial charge in [0.2, 0.25) is 5.91 Å². The molecule has 3 heterocycles. The number of benzene rings is 1. The highest BCUT2D eigenvalue weighted by Crippen LogP contribution is 2.37. The minimum Gasteiger partial charge on any atom is -0.383 e. The monoisotopic (exact) mass is 448 g/mol. The Morgan fingerprint density at radius 3 is 2.59 bits per heavy atom. The van der Waals surface area contributed by atoms with Crippen LogP contribution in [0, 0.1) is 5.41 Å². The minimum absolute atomic E-state index is 0.0523. The Kier molecular flexibility index (Phi) is 6.28. The van der Waals surface area contributed by atoms with Crippen molar-refractivity contribution in [2.24, 2.45) is 5.41 Å². The number of thiophene rings is 1. The first-order valence-corrected chi connectivity index (χ1v) is 11.6. The van der Waals surface area contributed by atoms with Gasteiger partial charge in [0.15, 0.2) is 0 Å². The number of carbonyl (C=O) groups is 2. The van der Waals surface area contributed by atoms with E-state index in [1.807, 2.05) is 6.07 Å². The van der Waals surface area contributed by atoms with E-state index >= 15 is 0 Å². The SMILES string of the molecule is CN(C)C(=O)[C@@]1(Cc2ccc(-c3cccs3)cc2)CCCN(C(=O)c2cccnc2N)C1. The number of piperidine rings is 1. The van der Waals surface area contributed by atoms with Crippen molar-refractivity contribution in [3.8, 4) is 10.4 Å². The van der Waals surface area contributed by atoms with Gasteiger partial charge in [-0.15, -0.1) is 11.3 Å². The zero-order chi connectivity index (χ0) is 22.7. The molecule has 4 rings (SSSR count). The number of nitrogens with two attached hydrogens (primary N) is 1. The van der Waals surface area contributed by atoms with Gasteiger partial charge in [-0.05, 0) is 54.0 Å². The molecule has 7 heteroatoms. The number of amides is 2. The molecule has 1 fully saturated rings. The van der Waals surface area contributed by atoms with Gasteiger partial charge in [-0.1, -0.05) is 30.3 Å². The summed E-state index contributed by atoms with van der Waals surface area (Å²) in [4.78, 5) is 35.3. The van der Waals surface area contributed by atoms with Crippen molar-refractivity contribution in [1.82, 2.24) is 14.8 Å². The van der Waals surface area contributed by atoms with Gasteiger partial charge in [-0.25, -0.2) is 4.98 Å². The number of carbonyl (C=O) groups excluding carboxylic acids is 2. The highest BCUT2D eigenvalue weighted by atomic mass is 32.1. The normalized spacial score (nSPS) is 18.4. The Morgan fingerprint density at radius 1 is 1.16 bits per heavy atom. The Balaban J connectivity index is 1.61. The summed E-state index contributed by atoms with van der Waals surface area (Å²) in [5.41, 5.74) is 7.93. The molecule has 1 atom stereocenters. The minimum atomic E-state index is -0.668. The third kappa shape index (κ3) is 4.39. The van der Waals surface area contributed by atoms with Crippen molar-refractivity contribution >= 4 is 29.0 Å². The molecular weight excluding hydrogens is 420 g/mol. The van der Waals surface area contributed by atoms with E-state index in [-0.39, 0.29) is 17.6 Å². The standard InChI is InChI=1S/C25H28N4O2S/c1-28(2)24(31)25(16-18-8-10-19(11-9-18)21-7-4-15-32-21)12-5-14-29(17-25)23(30)20-6-3-13-27-22(20)26/h3-4,6-11,13,15H,5,12,14,16-17H2,1-2H3,(H2,26,27)/t25-/m1/s1. The van der Waals surface area contributed by atoms with Gasteiger partial charge in [0.1, 0.15) is 5.82 Å². The van der Waals surface area contributed by atoms with E-state index in [2.05, 4.69) is 40.7 Å². The van der Waals surface area contributed by atoms with Crippen LogP contribution in [0.5, 0.6) is 0 Å². The van der Waals surface area contributed by atoms with Crippen molar-refractivity contribution in [3.05, 3.63) is 71.2 Å². The van der Waals surface area contributed by atoms with Gasteiger partial charge in [0.05, 0.1) is 11.0 Å². The number of likely N-dealkylation sites (tertiary alicyclic amines) is 1. The molecule has 6 nitrogen and oxygen atoms in total. The van der Waals surface area contributed by atoms with Crippen LogP contribution >= 0.6 is 11.3 Å². The van der Waals surface area contributed by atoms with E-state index in [4.69, 9.17) is 5.73 Å². The summed E-state index contributed by atoms with van der Waals surface area (Å²) in [6, 6.07) is 16.0. The van der Waals surface area contributed by atoms with Crippen molar-refractivity contribution in [3.63, 3.8) is 0 Å². The van der Waals surface area contributed by atoms with Gasteiger partial charge in [0.25, 0.3) is 5.91 Å². The third-order valence-electron chi connectivity index (χ3n) is 6.10. The highest BCUT2D eigenvalue weighted by Gasteiger charge is 2.44. The Hall–Kier alpha value is -3.19. The number of hydrogen-bond acceptors (Lipinski definition) is 5. The molecule has 0 spiro atoms. The molecule has 2 amide bonds. The average molecular weight is 449 g/mol. The predicted molar refractivity (Wildman–Crippen MR) is 128 cm³/mol. The number of pyridine rings is 1. The Morgan fingerprint density at radius 2 is 1.94 bits per heavy atom. The number of rotatable bonds is 5. The lowest BCUT2D eigenvalue weighted by Gasteiger charge is -2.43. The topological polar surface area (TPSA) is 79.5 Å². The van der Waals surface area contributed by atoms with Crippen LogP contribution in [0.1, 0.15) is 28.8 Å². The zero-order valence-electron chi connectivity index (χ0n) is 18.5. The number of nitrogens with zero attached hydrogens (tertiary/aromatic N) is 3. The molecule has 1 aromatic carbocycles. The van der Waals surface area contributed by atoms with Gasteiger partial charge in [-0.3, -0.25) is 9.59 Å². The second kappa shape index (κ2) is 9.12. The molecule has 0 aliphatic carbocycles. The lowest BCUT2D eigenvalue weighted by Crippen LogP contribution is -2.54. The Labute approximate surface area is 192 Å². The van der Waals surface area contributed by atoms with Gasteiger partial charge in [-0.2, -0.15) is 0 Å². The number of nitrogen functional groups attached to an aromatic ring is 1. The predicted octanol–water partition coefficient (Wildman–Crippen LogP) is 3.95. The number of aromatic nitrogens is 1. The van der Waals surface area contributed by atoms with Crippen molar-refractivity contribution in [2.75, 3.05) is 32.9 Å². The summed E-state index contributed by atoms with van der Waals surface area (Å²) in [5, 5.41) is 2.07. The smallest absolute Gasteiger partial charge is 0.257 e. The highest BCUT2D eigenvalue weighted by molar-refractivity contribution is 7.13. The number of hydrogen-bond donors (Lipinski definition) is 1. The van der Waals surface area contributed by atoms with Gasteiger partial charge < -0.3 is 15.5 Å².